The third kappa shape index (κ3) is 1.06. The standard InChI is InChI=1S/C11H8N2S/c1-2-10(14-7-1)8-3-5-12-9-4-6-13-11(8)9/h1-7,13H. The Hall–Kier alpha value is -1.61. The van der Waals surface area contributed by atoms with Crippen molar-refractivity contribution in [3.05, 3.63) is 42.0 Å². The van der Waals surface area contributed by atoms with E-state index in [-0.39, 0.29) is 0 Å². The minimum absolute atomic E-state index is 1.02. The van der Waals surface area contributed by atoms with Crippen molar-refractivity contribution in [3.8, 4) is 10.4 Å². The molecule has 0 saturated heterocycles. The maximum absolute atomic E-state index is 4.29. The van der Waals surface area contributed by atoms with Crippen LogP contribution >= 0.6 is 11.3 Å². The summed E-state index contributed by atoms with van der Waals surface area (Å²) in [7, 11) is 0. The molecule has 3 heteroatoms. The van der Waals surface area contributed by atoms with Crippen LogP contribution in [0.25, 0.3) is 21.5 Å². The van der Waals surface area contributed by atoms with E-state index in [4.69, 9.17) is 0 Å². The molecule has 0 aliphatic rings. The van der Waals surface area contributed by atoms with Crippen LogP contribution in [0.5, 0.6) is 0 Å². The molecular weight excluding hydrogens is 192 g/mol. The molecular formula is C11H8N2S. The van der Waals surface area contributed by atoms with Gasteiger partial charge in [0.25, 0.3) is 0 Å². The van der Waals surface area contributed by atoms with Gasteiger partial charge in [-0.2, -0.15) is 0 Å². The van der Waals surface area contributed by atoms with Gasteiger partial charge in [0.05, 0.1) is 11.0 Å². The molecule has 0 aliphatic carbocycles. The highest BCUT2D eigenvalue weighted by molar-refractivity contribution is 7.13. The van der Waals surface area contributed by atoms with Crippen molar-refractivity contribution in [3.63, 3.8) is 0 Å². The molecule has 0 aromatic carbocycles. The monoisotopic (exact) mass is 200 g/mol. The van der Waals surface area contributed by atoms with E-state index < -0.39 is 0 Å². The zero-order valence-electron chi connectivity index (χ0n) is 7.40. The second-order valence-corrected chi connectivity index (χ2v) is 4.02. The Bertz CT molecular complexity index is 551. The minimum Gasteiger partial charge on any atom is -0.359 e. The van der Waals surface area contributed by atoms with Crippen LogP contribution in [0.15, 0.2) is 42.0 Å². The van der Waals surface area contributed by atoms with E-state index in [1.54, 1.807) is 11.3 Å². The van der Waals surface area contributed by atoms with Gasteiger partial charge in [0.1, 0.15) is 0 Å². The van der Waals surface area contributed by atoms with Crippen LogP contribution in [0.1, 0.15) is 0 Å². The van der Waals surface area contributed by atoms with Crippen LogP contribution in [-0.2, 0) is 0 Å². The molecule has 0 spiro atoms. The second-order valence-electron chi connectivity index (χ2n) is 3.07. The SMILES string of the molecule is c1csc(-c2ccnc3cc[nH]c23)c1. The number of fused-ring (bicyclic) bond motifs is 1. The largest absolute Gasteiger partial charge is 0.359 e. The van der Waals surface area contributed by atoms with E-state index in [2.05, 4.69) is 27.5 Å². The summed E-state index contributed by atoms with van der Waals surface area (Å²) < 4.78 is 0. The first kappa shape index (κ1) is 7.76. The predicted molar refractivity (Wildman–Crippen MR) is 59.4 cm³/mol. The molecule has 68 valence electrons. The van der Waals surface area contributed by atoms with Crippen LogP contribution in [0.3, 0.4) is 0 Å². The smallest absolute Gasteiger partial charge is 0.0885 e. The molecule has 0 atom stereocenters. The molecule has 3 aromatic heterocycles. The summed E-state index contributed by atoms with van der Waals surface area (Å²) in [6.45, 7) is 0. The van der Waals surface area contributed by atoms with E-state index in [0.29, 0.717) is 0 Å². The Morgan fingerprint density at radius 1 is 1.21 bits per heavy atom. The van der Waals surface area contributed by atoms with E-state index >= 15 is 0 Å². The maximum atomic E-state index is 4.29. The molecule has 0 unspecified atom stereocenters. The minimum atomic E-state index is 1.02. The number of nitrogens with one attached hydrogen (secondary N) is 1. The zero-order chi connectivity index (χ0) is 9.38. The van der Waals surface area contributed by atoms with Gasteiger partial charge in [0.15, 0.2) is 0 Å². The highest BCUT2D eigenvalue weighted by atomic mass is 32.1. The molecule has 0 bridgehead atoms. The van der Waals surface area contributed by atoms with Gasteiger partial charge in [0, 0.05) is 22.8 Å². The van der Waals surface area contributed by atoms with Gasteiger partial charge in [0.2, 0.25) is 0 Å². The lowest BCUT2D eigenvalue weighted by molar-refractivity contribution is 1.41. The number of H-pyrrole nitrogens is 1. The molecule has 1 N–H and O–H groups in total. The number of thiophene rings is 1. The Morgan fingerprint density at radius 3 is 3.07 bits per heavy atom. The average molecular weight is 200 g/mol. The van der Waals surface area contributed by atoms with Crippen LogP contribution in [0.4, 0.5) is 0 Å². The van der Waals surface area contributed by atoms with E-state index in [1.807, 2.05) is 24.5 Å². The topological polar surface area (TPSA) is 28.7 Å². The van der Waals surface area contributed by atoms with E-state index in [1.165, 1.54) is 10.4 Å². The van der Waals surface area contributed by atoms with Crippen molar-refractivity contribution in [2.24, 2.45) is 0 Å². The lowest BCUT2D eigenvalue weighted by Crippen LogP contribution is -1.78. The fourth-order valence-corrected chi connectivity index (χ4v) is 2.36. The van der Waals surface area contributed by atoms with Crippen molar-refractivity contribution in [2.45, 2.75) is 0 Å². The Balaban J connectivity index is 2.36. The van der Waals surface area contributed by atoms with Gasteiger partial charge in [-0.25, -0.2) is 0 Å². The van der Waals surface area contributed by atoms with Crippen molar-refractivity contribution >= 4 is 22.4 Å². The summed E-state index contributed by atoms with van der Waals surface area (Å²) in [6.07, 6.45) is 3.78. The van der Waals surface area contributed by atoms with Gasteiger partial charge in [-0.15, -0.1) is 11.3 Å². The summed E-state index contributed by atoms with van der Waals surface area (Å²) in [5.74, 6) is 0. The molecule has 3 rings (SSSR count). The first-order valence-electron chi connectivity index (χ1n) is 4.41. The lowest BCUT2D eigenvalue weighted by Gasteiger charge is -1.98. The number of nitrogens with zero attached hydrogens (tertiary/aromatic N) is 1. The fraction of sp³-hybridized carbons (Fsp3) is 0. The number of hydrogen-bond acceptors (Lipinski definition) is 2. The maximum Gasteiger partial charge on any atom is 0.0885 e. The molecule has 0 radical (unpaired) electrons. The van der Waals surface area contributed by atoms with Gasteiger partial charge >= 0.3 is 0 Å². The summed E-state index contributed by atoms with van der Waals surface area (Å²) >= 11 is 1.75. The first-order valence-corrected chi connectivity index (χ1v) is 5.29. The van der Waals surface area contributed by atoms with Crippen molar-refractivity contribution < 1.29 is 0 Å². The van der Waals surface area contributed by atoms with Crippen LogP contribution in [0, 0.1) is 0 Å². The molecule has 14 heavy (non-hydrogen) atoms. The average Bonchev–Trinajstić information content (AvgIpc) is 2.88. The normalized spacial score (nSPS) is 10.9. The zero-order valence-corrected chi connectivity index (χ0v) is 8.21. The molecule has 2 nitrogen and oxygen atoms in total. The third-order valence-corrected chi connectivity index (χ3v) is 3.14. The number of aromatic nitrogens is 2. The van der Waals surface area contributed by atoms with Gasteiger partial charge in [-0.1, -0.05) is 6.07 Å². The van der Waals surface area contributed by atoms with E-state index in [0.717, 1.165) is 11.0 Å². The Morgan fingerprint density at radius 2 is 2.21 bits per heavy atom. The summed E-state index contributed by atoms with van der Waals surface area (Å²) in [4.78, 5) is 8.78. The second kappa shape index (κ2) is 2.96. The number of aromatic amines is 1. The summed E-state index contributed by atoms with van der Waals surface area (Å²) in [5, 5.41) is 2.09. The Kier molecular flexibility index (Phi) is 1.64. The highest BCUT2D eigenvalue weighted by Gasteiger charge is 2.05. The highest BCUT2D eigenvalue weighted by Crippen LogP contribution is 2.29. The van der Waals surface area contributed by atoms with Crippen molar-refractivity contribution in [1.82, 2.24) is 9.97 Å². The molecule has 0 aliphatic heterocycles. The van der Waals surface area contributed by atoms with Gasteiger partial charge in [-0.3, -0.25) is 4.98 Å². The molecule has 0 saturated carbocycles. The molecule has 0 fully saturated rings. The molecule has 0 amide bonds. The quantitative estimate of drug-likeness (QED) is 0.641. The first-order chi connectivity index (χ1) is 6.95. The van der Waals surface area contributed by atoms with Crippen molar-refractivity contribution in [1.29, 1.82) is 0 Å². The number of rotatable bonds is 1. The van der Waals surface area contributed by atoms with Gasteiger partial charge in [-0.05, 0) is 23.6 Å². The molecule has 3 heterocycles. The predicted octanol–water partition coefficient (Wildman–Crippen LogP) is 3.29. The van der Waals surface area contributed by atoms with Gasteiger partial charge < -0.3 is 4.98 Å². The van der Waals surface area contributed by atoms with Crippen LogP contribution in [-0.4, -0.2) is 9.97 Å². The van der Waals surface area contributed by atoms with Crippen molar-refractivity contribution in [2.75, 3.05) is 0 Å². The summed E-state index contributed by atoms with van der Waals surface area (Å²) in [5.41, 5.74) is 3.38. The fourth-order valence-electron chi connectivity index (χ4n) is 1.60. The number of hydrogen-bond donors (Lipinski definition) is 1. The van der Waals surface area contributed by atoms with Crippen LogP contribution < -0.4 is 0 Å². The third-order valence-electron chi connectivity index (χ3n) is 2.24. The summed E-state index contributed by atoms with van der Waals surface area (Å²) in [6, 6.07) is 8.23. The lowest BCUT2D eigenvalue weighted by atomic mass is 10.2. The Labute approximate surface area is 85.2 Å². The van der Waals surface area contributed by atoms with E-state index in [9.17, 15) is 0 Å². The molecule has 3 aromatic rings. The number of pyridine rings is 1. The van der Waals surface area contributed by atoms with Crippen LogP contribution in [0.2, 0.25) is 0 Å².